The van der Waals surface area contributed by atoms with Gasteiger partial charge in [-0.3, -0.25) is 14.0 Å². The predicted molar refractivity (Wildman–Crippen MR) is 81.0 cm³/mol. The van der Waals surface area contributed by atoms with Crippen LogP contribution in [0.25, 0.3) is 0 Å². The van der Waals surface area contributed by atoms with Crippen LogP contribution in [0.3, 0.4) is 0 Å². The highest BCUT2D eigenvalue weighted by Crippen LogP contribution is 2.68. The second-order valence-electron chi connectivity index (χ2n) is 6.32. The lowest BCUT2D eigenvalue weighted by Gasteiger charge is -2.28. The quantitative estimate of drug-likeness (QED) is 0.721. The molecule has 1 heterocycles. The van der Waals surface area contributed by atoms with Crippen molar-refractivity contribution in [3.63, 3.8) is 0 Å². The van der Waals surface area contributed by atoms with Crippen LogP contribution < -0.4 is 5.32 Å². The zero-order chi connectivity index (χ0) is 16.2. The number of carbonyl (C=O) groups is 2. The van der Waals surface area contributed by atoms with E-state index in [1.165, 1.54) is 11.0 Å². The minimum absolute atomic E-state index is 0.00530. The van der Waals surface area contributed by atoms with Gasteiger partial charge in [-0.15, -0.1) is 0 Å². The maximum Gasteiger partial charge on any atom is 0.246 e. The van der Waals surface area contributed by atoms with Gasteiger partial charge in [-0.05, 0) is 37.7 Å². The van der Waals surface area contributed by atoms with Crippen LogP contribution in [0.1, 0.15) is 26.2 Å². The van der Waals surface area contributed by atoms with Gasteiger partial charge in [0.25, 0.3) is 0 Å². The molecular weight excluding hydrogens is 287 g/mol. The first-order valence-corrected chi connectivity index (χ1v) is 7.84. The zero-order valence-electron chi connectivity index (χ0n) is 13.2. The summed E-state index contributed by atoms with van der Waals surface area (Å²) in [5, 5.41) is 2.80. The molecule has 1 saturated carbocycles. The van der Waals surface area contributed by atoms with Gasteiger partial charge in [-0.25, -0.2) is 0 Å². The van der Waals surface area contributed by atoms with E-state index in [0.29, 0.717) is 26.3 Å². The van der Waals surface area contributed by atoms with E-state index in [0.717, 1.165) is 19.3 Å². The molecule has 1 spiro atoms. The fourth-order valence-electron chi connectivity index (χ4n) is 3.53. The lowest BCUT2D eigenvalue weighted by molar-refractivity contribution is -0.132. The molecule has 0 aromatic rings. The number of nitrogens with zero attached hydrogens (tertiary/aromatic N) is 1. The maximum absolute atomic E-state index is 13.6. The number of rotatable bonds is 7. The molecule has 6 heteroatoms. The molecular formula is C16H25FN2O3. The number of ether oxygens (including phenoxy) is 1. The Labute approximate surface area is 130 Å². The molecule has 124 valence electrons. The Balaban J connectivity index is 1.85. The molecule has 1 aliphatic heterocycles. The van der Waals surface area contributed by atoms with Crippen LogP contribution in [-0.4, -0.2) is 56.2 Å². The zero-order valence-corrected chi connectivity index (χ0v) is 13.2. The van der Waals surface area contributed by atoms with Crippen molar-refractivity contribution in [1.82, 2.24) is 10.2 Å². The molecule has 1 saturated heterocycles. The van der Waals surface area contributed by atoms with E-state index in [9.17, 15) is 14.0 Å². The smallest absolute Gasteiger partial charge is 0.246 e. The third kappa shape index (κ3) is 3.16. The number of hydrogen-bond acceptors (Lipinski definition) is 3. The Hall–Kier alpha value is -1.43. The number of amides is 2. The highest BCUT2D eigenvalue weighted by molar-refractivity contribution is 5.90. The van der Waals surface area contributed by atoms with E-state index < -0.39 is 12.1 Å². The molecule has 1 atom stereocenters. The summed E-state index contributed by atoms with van der Waals surface area (Å²) in [5.41, 5.74) is -0.444. The standard InChI is InChI=1S/C16H25FN2O3/c1-3-14(21)19(4-2)9-13(20)18-12-16(11-17)10-15(16)5-7-22-8-6-15/h3H,1,4-12H2,2H3,(H,18,20). The van der Waals surface area contributed by atoms with Crippen molar-refractivity contribution in [2.45, 2.75) is 26.2 Å². The molecule has 2 aliphatic rings. The summed E-state index contributed by atoms with van der Waals surface area (Å²) in [6.45, 7) is 6.91. The second-order valence-corrected chi connectivity index (χ2v) is 6.32. The Morgan fingerprint density at radius 3 is 2.64 bits per heavy atom. The molecule has 2 fully saturated rings. The fourth-order valence-corrected chi connectivity index (χ4v) is 3.53. The van der Waals surface area contributed by atoms with Gasteiger partial charge in [0.15, 0.2) is 0 Å². The monoisotopic (exact) mass is 312 g/mol. The number of alkyl halides is 1. The highest BCUT2D eigenvalue weighted by Gasteiger charge is 2.66. The molecule has 0 aromatic heterocycles. The van der Waals surface area contributed by atoms with Crippen LogP contribution >= 0.6 is 0 Å². The van der Waals surface area contributed by atoms with E-state index in [1.54, 1.807) is 6.92 Å². The highest BCUT2D eigenvalue weighted by atomic mass is 19.1. The van der Waals surface area contributed by atoms with Gasteiger partial charge in [-0.1, -0.05) is 6.58 Å². The van der Waals surface area contributed by atoms with Crippen molar-refractivity contribution in [2.24, 2.45) is 10.8 Å². The molecule has 2 amide bonds. The summed E-state index contributed by atoms with van der Waals surface area (Å²) in [7, 11) is 0. The van der Waals surface area contributed by atoms with Crippen molar-refractivity contribution < 1.29 is 18.7 Å². The number of likely N-dealkylation sites (N-methyl/N-ethyl adjacent to an activating group) is 1. The van der Waals surface area contributed by atoms with Crippen molar-refractivity contribution in [1.29, 1.82) is 0 Å². The van der Waals surface area contributed by atoms with Crippen molar-refractivity contribution in [2.75, 3.05) is 39.5 Å². The summed E-state index contributed by atoms with van der Waals surface area (Å²) in [4.78, 5) is 25.0. The van der Waals surface area contributed by atoms with Gasteiger partial charge in [-0.2, -0.15) is 0 Å². The summed E-state index contributed by atoms with van der Waals surface area (Å²) >= 11 is 0. The molecule has 5 nitrogen and oxygen atoms in total. The molecule has 0 aromatic carbocycles. The Morgan fingerprint density at radius 2 is 2.09 bits per heavy atom. The first-order valence-electron chi connectivity index (χ1n) is 7.84. The van der Waals surface area contributed by atoms with Crippen molar-refractivity contribution in [3.8, 4) is 0 Å². The molecule has 1 unspecified atom stereocenters. The van der Waals surface area contributed by atoms with Gasteiger partial charge < -0.3 is 15.0 Å². The normalized spacial score (nSPS) is 25.5. The molecule has 0 bridgehead atoms. The summed E-state index contributed by atoms with van der Waals surface area (Å²) in [5.74, 6) is -0.524. The summed E-state index contributed by atoms with van der Waals surface area (Å²) < 4.78 is 18.9. The average Bonchev–Trinajstić information content (AvgIpc) is 3.17. The van der Waals surface area contributed by atoms with Crippen LogP contribution in [-0.2, 0) is 14.3 Å². The van der Waals surface area contributed by atoms with Gasteiger partial charge >= 0.3 is 0 Å². The maximum atomic E-state index is 13.6. The minimum Gasteiger partial charge on any atom is -0.381 e. The van der Waals surface area contributed by atoms with Crippen molar-refractivity contribution >= 4 is 11.8 Å². The van der Waals surface area contributed by atoms with Gasteiger partial charge in [0.2, 0.25) is 11.8 Å². The second kappa shape index (κ2) is 6.77. The summed E-state index contributed by atoms with van der Waals surface area (Å²) in [6.07, 6.45) is 3.73. The molecule has 1 N–H and O–H groups in total. The van der Waals surface area contributed by atoms with Crippen LogP contribution in [0.5, 0.6) is 0 Å². The number of nitrogens with one attached hydrogen (secondary N) is 1. The largest absolute Gasteiger partial charge is 0.381 e. The molecule has 22 heavy (non-hydrogen) atoms. The SMILES string of the molecule is C=CC(=O)N(CC)CC(=O)NCC1(CF)CC12CCOCC2. The van der Waals surface area contributed by atoms with Gasteiger partial charge in [0, 0.05) is 31.7 Å². The topological polar surface area (TPSA) is 58.6 Å². The third-order valence-corrected chi connectivity index (χ3v) is 5.21. The fraction of sp³-hybridized carbons (Fsp3) is 0.750. The van der Waals surface area contributed by atoms with Gasteiger partial charge in [0.05, 0.1) is 13.2 Å². The molecule has 1 aliphatic carbocycles. The van der Waals surface area contributed by atoms with Crippen LogP contribution in [0.4, 0.5) is 4.39 Å². The molecule has 2 rings (SSSR count). The number of halogens is 1. The van der Waals surface area contributed by atoms with Crippen LogP contribution in [0.2, 0.25) is 0 Å². The summed E-state index contributed by atoms with van der Waals surface area (Å²) in [6, 6.07) is 0. The first-order chi connectivity index (χ1) is 10.5. The van der Waals surface area contributed by atoms with Gasteiger partial charge in [0.1, 0.15) is 0 Å². The van der Waals surface area contributed by atoms with E-state index in [4.69, 9.17) is 4.74 Å². The average molecular weight is 312 g/mol. The molecule has 0 radical (unpaired) electrons. The van der Waals surface area contributed by atoms with Crippen LogP contribution in [0, 0.1) is 10.8 Å². The number of carbonyl (C=O) groups excluding carboxylic acids is 2. The van der Waals surface area contributed by atoms with E-state index in [1.807, 2.05) is 0 Å². The Kier molecular flexibility index (Phi) is 5.21. The number of hydrogen-bond donors (Lipinski definition) is 1. The third-order valence-electron chi connectivity index (χ3n) is 5.21. The predicted octanol–water partition coefficient (Wildman–Crippen LogP) is 1.29. The minimum atomic E-state index is -0.439. The first kappa shape index (κ1) is 16.9. The van der Waals surface area contributed by atoms with Crippen molar-refractivity contribution in [3.05, 3.63) is 12.7 Å². The lowest BCUT2D eigenvalue weighted by atomic mass is 9.86. The van der Waals surface area contributed by atoms with E-state index >= 15 is 0 Å². The van der Waals surface area contributed by atoms with E-state index in [-0.39, 0.29) is 23.8 Å². The van der Waals surface area contributed by atoms with E-state index in [2.05, 4.69) is 11.9 Å². The Morgan fingerprint density at radius 1 is 1.41 bits per heavy atom. The van der Waals surface area contributed by atoms with Crippen LogP contribution in [0.15, 0.2) is 12.7 Å². The lowest BCUT2D eigenvalue weighted by Crippen LogP contribution is -2.43. The Bertz CT molecular complexity index is 449.